The third-order valence-electron chi connectivity index (χ3n) is 1.86. The van der Waals surface area contributed by atoms with Gasteiger partial charge >= 0.3 is 0 Å². The van der Waals surface area contributed by atoms with E-state index in [9.17, 15) is 0 Å². The van der Waals surface area contributed by atoms with Gasteiger partial charge in [0, 0.05) is 32.4 Å². The molecule has 1 rings (SSSR count). The van der Waals surface area contributed by atoms with Crippen LogP contribution >= 0.6 is 0 Å². The van der Waals surface area contributed by atoms with Crippen LogP contribution in [0.1, 0.15) is 13.3 Å². The van der Waals surface area contributed by atoms with Crippen LogP contribution in [0.25, 0.3) is 0 Å². The fraction of sp³-hybridized carbons (Fsp3) is 0.308. The molecular weight excluding hydrogens is 184 g/mol. The smallest absolute Gasteiger partial charge is 0.0788 e. The average Bonchev–Trinajstić information content (AvgIpc) is 2.18. The molecule has 0 N–H and O–H groups in total. The van der Waals surface area contributed by atoms with Crippen molar-refractivity contribution in [2.24, 2.45) is 4.99 Å². The standard InChI is InChI=1S/C13H18N2/c1-4-8-13(11-15(2)3)14-12-9-6-5-7-10-12/h4-9,11H,10H2,1-3H3/b8-4+,13-11-,14-12?. The van der Waals surface area contributed by atoms with E-state index in [1.165, 1.54) is 0 Å². The number of aliphatic imine (C=N–C) groups is 1. The largest absolute Gasteiger partial charge is 0.382 e. The quantitative estimate of drug-likeness (QED) is 0.642. The van der Waals surface area contributed by atoms with Crippen LogP contribution in [0.2, 0.25) is 0 Å². The number of nitrogens with zero attached hydrogens (tertiary/aromatic N) is 2. The van der Waals surface area contributed by atoms with Gasteiger partial charge in [-0.25, -0.2) is 0 Å². The Morgan fingerprint density at radius 1 is 1.40 bits per heavy atom. The van der Waals surface area contributed by atoms with Gasteiger partial charge in [0.25, 0.3) is 0 Å². The topological polar surface area (TPSA) is 15.6 Å². The zero-order chi connectivity index (χ0) is 11.1. The molecule has 0 heterocycles. The Morgan fingerprint density at radius 2 is 2.20 bits per heavy atom. The monoisotopic (exact) mass is 202 g/mol. The van der Waals surface area contributed by atoms with E-state index in [0.717, 1.165) is 17.8 Å². The second-order valence-electron chi connectivity index (χ2n) is 3.61. The average molecular weight is 202 g/mol. The van der Waals surface area contributed by atoms with Crippen molar-refractivity contribution in [2.75, 3.05) is 14.1 Å². The maximum Gasteiger partial charge on any atom is 0.0788 e. The van der Waals surface area contributed by atoms with Crippen LogP contribution in [-0.2, 0) is 0 Å². The number of hydrogen-bond acceptors (Lipinski definition) is 2. The number of rotatable bonds is 3. The highest BCUT2D eigenvalue weighted by Crippen LogP contribution is 2.06. The molecule has 1 aliphatic carbocycles. The van der Waals surface area contributed by atoms with Crippen LogP contribution in [0.5, 0.6) is 0 Å². The number of hydrogen-bond donors (Lipinski definition) is 0. The summed E-state index contributed by atoms with van der Waals surface area (Å²) in [6.07, 6.45) is 15.2. The molecule has 0 unspecified atom stereocenters. The van der Waals surface area contributed by atoms with Crippen LogP contribution in [0, 0.1) is 0 Å². The highest BCUT2D eigenvalue weighted by atomic mass is 15.0. The number of allylic oxidation sites excluding steroid dienone is 6. The van der Waals surface area contributed by atoms with Crippen molar-refractivity contribution in [1.29, 1.82) is 0 Å². The minimum Gasteiger partial charge on any atom is -0.382 e. The van der Waals surface area contributed by atoms with E-state index in [2.05, 4.69) is 11.1 Å². The Labute approximate surface area is 92.0 Å². The predicted octanol–water partition coefficient (Wildman–Crippen LogP) is 2.92. The maximum absolute atomic E-state index is 4.58. The minimum atomic E-state index is 0.915. The van der Waals surface area contributed by atoms with Gasteiger partial charge in [0.2, 0.25) is 0 Å². The lowest BCUT2D eigenvalue weighted by Crippen LogP contribution is -2.03. The zero-order valence-corrected chi connectivity index (χ0v) is 9.64. The Kier molecular flexibility index (Phi) is 4.61. The maximum atomic E-state index is 4.58. The molecule has 0 fully saturated rings. The first-order valence-electron chi connectivity index (χ1n) is 5.14. The minimum absolute atomic E-state index is 0.915. The summed E-state index contributed by atoms with van der Waals surface area (Å²) in [5, 5.41) is 0. The molecule has 0 aliphatic heterocycles. The Balaban J connectivity index is 2.82. The van der Waals surface area contributed by atoms with Gasteiger partial charge in [-0.1, -0.05) is 24.3 Å². The lowest BCUT2D eigenvalue weighted by Gasteiger charge is -2.07. The van der Waals surface area contributed by atoms with Gasteiger partial charge in [0.1, 0.15) is 0 Å². The first-order valence-corrected chi connectivity index (χ1v) is 5.14. The highest BCUT2D eigenvalue weighted by molar-refractivity contribution is 5.97. The molecule has 0 aromatic carbocycles. The van der Waals surface area contributed by atoms with E-state index in [1.54, 1.807) is 0 Å². The van der Waals surface area contributed by atoms with Crippen LogP contribution < -0.4 is 0 Å². The molecule has 0 saturated heterocycles. The van der Waals surface area contributed by atoms with E-state index >= 15 is 0 Å². The van der Waals surface area contributed by atoms with E-state index < -0.39 is 0 Å². The van der Waals surface area contributed by atoms with Crippen LogP contribution in [0.3, 0.4) is 0 Å². The molecule has 0 aromatic rings. The van der Waals surface area contributed by atoms with Gasteiger partial charge in [0.05, 0.1) is 5.70 Å². The summed E-state index contributed by atoms with van der Waals surface area (Å²) in [6, 6.07) is 0. The van der Waals surface area contributed by atoms with Crippen LogP contribution in [0.15, 0.2) is 53.3 Å². The lowest BCUT2D eigenvalue weighted by atomic mass is 10.1. The van der Waals surface area contributed by atoms with Crippen molar-refractivity contribution >= 4 is 5.71 Å². The molecule has 0 radical (unpaired) electrons. The van der Waals surface area contributed by atoms with E-state index in [0.29, 0.717) is 0 Å². The summed E-state index contributed by atoms with van der Waals surface area (Å²) in [5.74, 6) is 0. The van der Waals surface area contributed by atoms with Crippen molar-refractivity contribution in [3.63, 3.8) is 0 Å². The lowest BCUT2D eigenvalue weighted by molar-refractivity contribution is 0.559. The molecule has 0 atom stereocenters. The highest BCUT2D eigenvalue weighted by Gasteiger charge is 1.97. The predicted molar refractivity (Wildman–Crippen MR) is 66.9 cm³/mol. The first-order chi connectivity index (χ1) is 7.22. The molecule has 0 aromatic heterocycles. The molecule has 80 valence electrons. The Bertz CT molecular complexity index is 342. The van der Waals surface area contributed by atoms with E-state index in [1.807, 2.05) is 62.5 Å². The van der Waals surface area contributed by atoms with Gasteiger partial charge in [0.15, 0.2) is 0 Å². The van der Waals surface area contributed by atoms with Gasteiger partial charge in [-0.15, -0.1) is 0 Å². The SMILES string of the molecule is C/C=C/C(=C/N(C)C)N=C1C=CC=CC1. The summed E-state index contributed by atoms with van der Waals surface area (Å²) in [7, 11) is 4.00. The molecule has 0 amide bonds. The Hall–Kier alpha value is -1.57. The van der Waals surface area contributed by atoms with E-state index in [-0.39, 0.29) is 0 Å². The van der Waals surface area contributed by atoms with Crippen molar-refractivity contribution in [1.82, 2.24) is 4.90 Å². The molecule has 2 nitrogen and oxygen atoms in total. The summed E-state index contributed by atoms with van der Waals surface area (Å²) in [4.78, 5) is 6.58. The molecule has 1 aliphatic rings. The normalized spacial score (nSPS) is 19.1. The summed E-state index contributed by atoms with van der Waals surface area (Å²) < 4.78 is 0. The molecule has 0 bridgehead atoms. The first kappa shape index (κ1) is 11.5. The molecule has 15 heavy (non-hydrogen) atoms. The molecular formula is C13H18N2. The van der Waals surface area contributed by atoms with Crippen molar-refractivity contribution in [3.05, 3.63) is 48.4 Å². The van der Waals surface area contributed by atoms with Gasteiger partial charge in [-0.2, -0.15) is 0 Å². The van der Waals surface area contributed by atoms with Gasteiger partial charge < -0.3 is 4.90 Å². The second kappa shape index (κ2) is 6.02. The Morgan fingerprint density at radius 3 is 2.73 bits per heavy atom. The summed E-state index contributed by atoms with van der Waals surface area (Å²) >= 11 is 0. The fourth-order valence-corrected chi connectivity index (χ4v) is 1.30. The van der Waals surface area contributed by atoms with Crippen molar-refractivity contribution in [2.45, 2.75) is 13.3 Å². The van der Waals surface area contributed by atoms with Crippen molar-refractivity contribution < 1.29 is 0 Å². The summed E-state index contributed by atoms with van der Waals surface area (Å²) in [5.41, 5.74) is 2.08. The third-order valence-corrected chi connectivity index (χ3v) is 1.86. The van der Waals surface area contributed by atoms with Crippen LogP contribution in [0.4, 0.5) is 0 Å². The van der Waals surface area contributed by atoms with E-state index in [4.69, 9.17) is 0 Å². The fourth-order valence-electron chi connectivity index (χ4n) is 1.30. The molecule has 2 heteroatoms. The molecule has 0 saturated carbocycles. The van der Waals surface area contributed by atoms with Gasteiger partial charge in [-0.05, 0) is 19.1 Å². The third kappa shape index (κ3) is 4.45. The molecule has 0 spiro atoms. The second-order valence-corrected chi connectivity index (χ2v) is 3.61. The zero-order valence-electron chi connectivity index (χ0n) is 9.64. The van der Waals surface area contributed by atoms with Gasteiger partial charge in [-0.3, -0.25) is 4.99 Å². The van der Waals surface area contributed by atoms with Crippen LogP contribution in [-0.4, -0.2) is 24.7 Å². The van der Waals surface area contributed by atoms with Crippen molar-refractivity contribution in [3.8, 4) is 0 Å². The summed E-state index contributed by atoms with van der Waals surface area (Å²) in [6.45, 7) is 2.00.